The zero-order chi connectivity index (χ0) is 14.4. The van der Waals surface area contributed by atoms with Crippen LogP contribution in [0.4, 0.5) is 0 Å². The van der Waals surface area contributed by atoms with Gasteiger partial charge >= 0.3 is 0 Å². The van der Waals surface area contributed by atoms with Crippen molar-refractivity contribution in [2.45, 2.75) is 63.7 Å². The molecule has 0 bridgehead atoms. The van der Waals surface area contributed by atoms with Gasteiger partial charge in [0.05, 0.1) is 12.2 Å². The fourth-order valence-electron chi connectivity index (χ4n) is 3.63. The zero-order valence-corrected chi connectivity index (χ0v) is 12.7. The van der Waals surface area contributed by atoms with Crippen molar-refractivity contribution in [2.75, 3.05) is 6.61 Å². The summed E-state index contributed by atoms with van der Waals surface area (Å²) in [6, 6.07) is 6.40. The van der Waals surface area contributed by atoms with Gasteiger partial charge in [0.1, 0.15) is 11.4 Å². The summed E-state index contributed by atoms with van der Waals surface area (Å²) in [5.74, 6) is 0.967. The zero-order valence-electron chi connectivity index (χ0n) is 12.7. The Morgan fingerprint density at radius 3 is 2.95 bits per heavy atom. The van der Waals surface area contributed by atoms with Crippen LogP contribution in [0.15, 0.2) is 18.2 Å². The highest BCUT2D eigenvalue weighted by molar-refractivity contribution is 5.41. The van der Waals surface area contributed by atoms with Crippen LogP contribution < -0.4 is 10.5 Å². The van der Waals surface area contributed by atoms with Gasteiger partial charge in [-0.05, 0) is 26.3 Å². The van der Waals surface area contributed by atoms with Crippen LogP contribution >= 0.6 is 0 Å². The van der Waals surface area contributed by atoms with Gasteiger partial charge in [0.15, 0.2) is 0 Å². The van der Waals surface area contributed by atoms with Gasteiger partial charge < -0.3 is 15.2 Å². The lowest BCUT2D eigenvalue weighted by Crippen LogP contribution is -2.53. The van der Waals surface area contributed by atoms with Crippen LogP contribution in [0, 0.1) is 6.92 Å². The van der Waals surface area contributed by atoms with Crippen LogP contribution in [-0.4, -0.2) is 17.8 Å². The van der Waals surface area contributed by atoms with Crippen molar-refractivity contribution in [2.24, 2.45) is 5.73 Å². The maximum absolute atomic E-state index is 6.43. The Morgan fingerprint density at radius 2 is 2.20 bits per heavy atom. The third kappa shape index (κ3) is 2.33. The van der Waals surface area contributed by atoms with Gasteiger partial charge in [-0.3, -0.25) is 0 Å². The molecule has 3 rings (SSSR count). The highest BCUT2D eigenvalue weighted by Gasteiger charge is 2.47. The number of nitrogens with two attached hydrogens (primary N) is 1. The molecule has 2 unspecified atom stereocenters. The van der Waals surface area contributed by atoms with E-state index in [0.717, 1.165) is 43.6 Å². The van der Waals surface area contributed by atoms with E-state index in [2.05, 4.69) is 39.0 Å². The Bertz CT molecular complexity index is 516. The molecule has 0 aliphatic carbocycles. The summed E-state index contributed by atoms with van der Waals surface area (Å²) in [4.78, 5) is 0. The van der Waals surface area contributed by atoms with Crippen molar-refractivity contribution in [1.29, 1.82) is 0 Å². The van der Waals surface area contributed by atoms with Gasteiger partial charge in [0.25, 0.3) is 0 Å². The minimum absolute atomic E-state index is 0.0675. The summed E-state index contributed by atoms with van der Waals surface area (Å²) in [6.45, 7) is 7.23. The van der Waals surface area contributed by atoms with Gasteiger partial charge in [0, 0.05) is 30.9 Å². The second-order valence-electron chi connectivity index (χ2n) is 6.72. The molecule has 0 amide bonds. The van der Waals surface area contributed by atoms with E-state index >= 15 is 0 Å². The molecule has 3 nitrogen and oxygen atoms in total. The lowest BCUT2D eigenvalue weighted by molar-refractivity contribution is -0.151. The Morgan fingerprint density at radius 1 is 1.40 bits per heavy atom. The molecule has 1 fully saturated rings. The standard InChI is InChI=1S/C17H25NO2/c1-4-16(3)11-17(7-8-19-16)10-14(18)13-9-12(2)5-6-15(13)20-17/h5-6,9,14H,4,7-8,10-11,18H2,1-3H3/t14-,16?,17?/m1/s1. The van der Waals surface area contributed by atoms with Gasteiger partial charge in [-0.25, -0.2) is 0 Å². The van der Waals surface area contributed by atoms with Crippen LogP contribution in [0.25, 0.3) is 0 Å². The van der Waals surface area contributed by atoms with Crippen LogP contribution in [-0.2, 0) is 4.74 Å². The molecule has 2 aliphatic heterocycles. The van der Waals surface area contributed by atoms with Crippen molar-refractivity contribution in [3.63, 3.8) is 0 Å². The lowest BCUT2D eigenvalue weighted by Gasteiger charge is -2.49. The molecule has 1 aromatic carbocycles. The molecule has 1 spiro atoms. The first kappa shape index (κ1) is 13.9. The molecule has 2 aliphatic rings. The highest BCUT2D eigenvalue weighted by atomic mass is 16.5. The lowest BCUT2D eigenvalue weighted by atomic mass is 9.75. The number of fused-ring (bicyclic) bond motifs is 1. The van der Waals surface area contributed by atoms with E-state index < -0.39 is 0 Å². The monoisotopic (exact) mass is 275 g/mol. The van der Waals surface area contributed by atoms with E-state index in [1.165, 1.54) is 5.56 Å². The average molecular weight is 275 g/mol. The van der Waals surface area contributed by atoms with Crippen molar-refractivity contribution >= 4 is 0 Å². The molecule has 1 saturated heterocycles. The molecular formula is C17H25NO2. The molecule has 0 saturated carbocycles. The fourth-order valence-corrected chi connectivity index (χ4v) is 3.63. The molecule has 2 heterocycles. The molecular weight excluding hydrogens is 250 g/mol. The summed E-state index contributed by atoms with van der Waals surface area (Å²) in [6.07, 6.45) is 3.76. The van der Waals surface area contributed by atoms with E-state index in [4.69, 9.17) is 15.2 Å². The summed E-state index contributed by atoms with van der Waals surface area (Å²) in [7, 11) is 0. The topological polar surface area (TPSA) is 44.5 Å². The Hall–Kier alpha value is -1.06. The number of ether oxygens (including phenoxy) is 2. The van der Waals surface area contributed by atoms with Crippen LogP contribution in [0.5, 0.6) is 5.75 Å². The molecule has 110 valence electrons. The van der Waals surface area contributed by atoms with Crippen molar-refractivity contribution in [3.05, 3.63) is 29.3 Å². The predicted molar refractivity (Wildman–Crippen MR) is 80.0 cm³/mol. The van der Waals surface area contributed by atoms with Crippen LogP contribution in [0.3, 0.4) is 0 Å². The average Bonchev–Trinajstić information content (AvgIpc) is 2.40. The smallest absolute Gasteiger partial charge is 0.124 e. The molecule has 3 heteroatoms. The first-order chi connectivity index (χ1) is 9.45. The van der Waals surface area contributed by atoms with Crippen molar-refractivity contribution < 1.29 is 9.47 Å². The maximum atomic E-state index is 6.43. The second-order valence-corrected chi connectivity index (χ2v) is 6.72. The largest absolute Gasteiger partial charge is 0.487 e. The fraction of sp³-hybridized carbons (Fsp3) is 0.647. The SMILES string of the molecule is CCC1(C)CC2(CCO1)C[C@@H](N)c1cc(C)ccc1O2. The van der Waals surface area contributed by atoms with Gasteiger partial charge in [-0.1, -0.05) is 24.6 Å². The summed E-state index contributed by atoms with van der Waals surface area (Å²) in [5, 5.41) is 0. The minimum atomic E-state index is -0.148. The van der Waals surface area contributed by atoms with Crippen LogP contribution in [0.1, 0.15) is 56.7 Å². The normalized spacial score (nSPS) is 36.5. The summed E-state index contributed by atoms with van der Waals surface area (Å²) in [5.41, 5.74) is 8.59. The number of rotatable bonds is 1. The first-order valence-electron chi connectivity index (χ1n) is 7.64. The Balaban J connectivity index is 1.92. The van der Waals surface area contributed by atoms with E-state index in [9.17, 15) is 0 Å². The number of aryl methyl sites for hydroxylation is 1. The molecule has 0 aromatic heterocycles. The van der Waals surface area contributed by atoms with Crippen molar-refractivity contribution in [1.82, 2.24) is 0 Å². The molecule has 2 N–H and O–H groups in total. The minimum Gasteiger partial charge on any atom is -0.487 e. The molecule has 3 atom stereocenters. The third-order valence-corrected chi connectivity index (χ3v) is 4.94. The number of benzene rings is 1. The van der Waals surface area contributed by atoms with Gasteiger partial charge in [-0.15, -0.1) is 0 Å². The quantitative estimate of drug-likeness (QED) is 0.853. The highest BCUT2D eigenvalue weighted by Crippen LogP contribution is 2.47. The maximum Gasteiger partial charge on any atom is 0.124 e. The Kier molecular flexibility index (Phi) is 3.30. The van der Waals surface area contributed by atoms with Crippen molar-refractivity contribution in [3.8, 4) is 5.75 Å². The van der Waals surface area contributed by atoms with E-state index in [1.54, 1.807) is 0 Å². The second kappa shape index (κ2) is 4.74. The predicted octanol–water partition coefficient (Wildman–Crippen LogP) is 3.50. The Labute approximate surface area is 121 Å². The van der Waals surface area contributed by atoms with Crippen LogP contribution in [0.2, 0.25) is 0 Å². The summed E-state index contributed by atoms with van der Waals surface area (Å²) < 4.78 is 12.4. The first-order valence-corrected chi connectivity index (χ1v) is 7.64. The van der Waals surface area contributed by atoms with E-state index in [1.807, 2.05) is 0 Å². The van der Waals surface area contributed by atoms with E-state index in [-0.39, 0.29) is 17.2 Å². The van der Waals surface area contributed by atoms with E-state index in [0.29, 0.717) is 0 Å². The molecule has 20 heavy (non-hydrogen) atoms. The van der Waals surface area contributed by atoms with Gasteiger partial charge in [-0.2, -0.15) is 0 Å². The number of hydrogen-bond acceptors (Lipinski definition) is 3. The third-order valence-electron chi connectivity index (χ3n) is 4.94. The number of hydrogen-bond donors (Lipinski definition) is 1. The molecule has 1 aromatic rings. The summed E-state index contributed by atoms with van der Waals surface area (Å²) >= 11 is 0. The molecule has 0 radical (unpaired) electrons. The van der Waals surface area contributed by atoms with Gasteiger partial charge in [0.2, 0.25) is 0 Å².